The van der Waals surface area contributed by atoms with Gasteiger partial charge >= 0.3 is 0 Å². The Morgan fingerprint density at radius 2 is 1.80 bits per heavy atom. The van der Waals surface area contributed by atoms with Gasteiger partial charge in [0, 0.05) is 37.3 Å². The zero-order valence-corrected chi connectivity index (χ0v) is 13.5. The number of anilines is 1. The minimum Gasteiger partial charge on any atom is -0.375 e. The molecule has 0 spiro atoms. The summed E-state index contributed by atoms with van der Waals surface area (Å²) in [5.74, 6) is 0. The Hall–Kier alpha value is -0.850. The van der Waals surface area contributed by atoms with Gasteiger partial charge in [-0.3, -0.25) is 4.90 Å². The minimum absolute atomic E-state index is 0. The van der Waals surface area contributed by atoms with Gasteiger partial charge in [0.1, 0.15) is 0 Å². The highest BCUT2D eigenvalue weighted by Crippen LogP contribution is 2.17. The molecule has 0 amide bonds. The first-order valence-corrected chi connectivity index (χ1v) is 6.76. The van der Waals surface area contributed by atoms with E-state index in [-0.39, 0.29) is 24.8 Å². The quantitative estimate of drug-likeness (QED) is 0.851. The van der Waals surface area contributed by atoms with Crippen molar-refractivity contribution >= 4 is 41.3 Å². The lowest BCUT2D eigenvalue weighted by Gasteiger charge is -2.20. The van der Waals surface area contributed by atoms with Crippen LogP contribution in [-0.2, 0) is 13.1 Å². The summed E-state index contributed by atoms with van der Waals surface area (Å²) in [7, 11) is 0. The van der Waals surface area contributed by atoms with Crippen molar-refractivity contribution in [2.24, 2.45) is 5.73 Å². The number of hydrogen-bond acceptors (Lipinski definition) is 5. The van der Waals surface area contributed by atoms with Crippen molar-refractivity contribution < 1.29 is 0 Å². The predicted molar refractivity (Wildman–Crippen MR) is 90.6 cm³/mol. The number of nitrogens with zero attached hydrogens (tertiary/aromatic N) is 2. The molecule has 2 aromatic rings. The molecule has 1 aromatic carbocycles. The Morgan fingerprint density at radius 1 is 1.10 bits per heavy atom. The molecule has 1 aromatic heterocycles. The van der Waals surface area contributed by atoms with Crippen LogP contribution in [0, 0.1) is 0 Å². The number of halogens is 2. The molecule has 112 valence electrons. The highest BCUT2D eigenvalue weighted by atomic mass is 35.5. The average molecular weight is 335 g/mol. The van der Waals surface area contributed by atoms with Crippen LogP contribution < -0.4 is 11.5 Å². The molecule has 1 heterocycles. The summed E-state index contributed by atoms with van der Waals surface area (Å²) in [5, 5.41) is 0.623. The zero-order chi connectivity index (χ0) is 12.8. The third-order valence-corrected chi connectivity index (χ3v) is 3.46. The molecule has 0 atom stereocenters. The van der Waals surface area contributed by atoms with E-state index in [0.29, 0.717) is 11.7 Å². The van der Waals surface area contributed by atoms with Gasteiger partial charge in [-0.25, -0.2) is 4.98 Å². The minimum atomic E-state index is 0. The molecular formula is C13H20Cl2N4S. The van der Waals surface area contributed by atoms with Gasteiger partial charge in [0.15, 0.2) is 5.13 Å². The largest absolute Gasteiger partial charge is 0.375 e. The molecule has 0 aliphatic rings. The van der Waals surface area contributed by atoms with Crippen LogP contribution in [0.15, 0.2) is 36.5 Å². The van der Waals surface area contributed by atoms with Gasteiger partial charge in [-0.1, -0.05) is 30.3 Å². The van der Waals surface area contributed by atoms with Crippen LogP contribution in [0.1, 0.15) is 10.4 Å². The molecule has 4 nitrogen and oxygen atoms in total. The Labute approximate surface area is 136 Å². The number of rotatable bonds is 6. The molecule has 20 heavy (non-hydrogen) atoms. The van der Waals surface area contributed by atoms with E-state index in [0.717, 1.165) is 19.6 Å². The van der Waals surface area contributed by atoms with Crippen LogP contribution in [-0.4, -0.2) is 23.0 Å². The number of benzene rings is 1. The van der Waals surface area contributed by atoms with E-state index in [9.17, 15) is 0 Å². The Morgan fingerprint density at radius 3 is 2.35 bits per heavy atom. The molecular weight excluding hydrogens is 315 g/mol. The molecule has 0 unspecified atom stereocenters. The van der Waals surface area contributed by atoms with Crippen LogP contribution in [0.5, 0.6) is 0 Å². The molecule has 4 N–H and O–H groups in total. The van der Waals surface area contributed by atoms with Crippen molar-refractivity contribution in [1.29, 1.82) is 0 Å². The molecule has 0 aliphatic carbocycles. The van der Waals surface area contributed by atoms with E-state index in [2.05, 4.69) is 34.1 Å². The molecule has 0 aliphatic heterocycles. The van der Waals surface area contributed by atoms with E-state index in [1.807, 2.05) is 12.3 Å². The van der Waals surface area contributed by atoms with E-state index in [1.165, 1.54) is 21.8 Å². The van der Waals surface area contributed by atoms with Crippen LogP contribution >= 0.6 is 36.2 Å². The fraction of sp³-hybridized carbons (Fsp3) is 0.308. The maximum Gasteiger partial charge on any atom is 0.180 e. The summed E-state index contributed by atoms with van der Waals surface area (Å²) in [5.41, 5.74) is 12.6. The third kappa shape index (κ3) is 6.07. The number of thiazole rings is 1. The van der Waals surface area contributed by atoms with Gasteiger partial charge in [0.2, 0.25) is 0 Å². The summed E-state index contributed by atoms with van der Waals surface area (Å²) in [6, 6.07) is 10.4. The van der Waals surface area contributed by atoms with Gasteiger partial charge in [0.05, 0.1) is 0 Å². The molecule has 0 saturated carbocycles. The molecule has 0 fully saturated rings. The van der Waals surface area contributed by atoms with Crippen molar-refractivity contribution in [3.8, 4) is 0 Å². The SMILES string of the molecule is Cl.Cl.NCCN(Cc1ccccc1)Cc1cnc(N)s1. The molecule has 0 saturated heterocycles. The second kappa shape index (κ2) is 9.96. The lowest BCUT2D eigenvalue weighted by molar-refractivity contribution is 0.266. The fourth-order valence-electron chi connectivity index (χ4n) is 1.85. The maximum atomic E-state index is 5.66. The summed E-state index contributed by atoms with van der Waals surface area (Å²) >= 11 is 1.54. The summed E-state index contributed by atoms with van der Waals surface area (Å²) in [4.78, 5) is 7.56. The first-order chi connectivity index (χ1) is 8.78. The van der Waals surface area contributed by atoms with Crippen molar-refractivity contribution in [2.75, 3.05) is 18.8 Å². The van der Waals surface area contributed by atoms with Crippen molar-refractivity contribution in [1.82, 2.24) is 9.88 Å². The highest BCUT2D eigenvalue weighted by molar-refractivity contribution is 7.15. The van der Waals surface area contributed by atoms with Gasteiger partial charge in [0.25, 0.3) is 0 Å². The number of nitrogens with two attached hydrogens (primary N) is 2. The lowest BCUT2D eigenvalue weighted by atomic mass is 10.2. The molecule has 2 rings (SSSR count). The third-order valence-electron chi connectivity index (χ3n) is 2.65. The van der Waals surface area contributed by atoms with Crippen molar-refractivity contribution in [3.63, 3.8) is 0 Å². The first kappa shape index (κ1) is 19.1. The van der Waals surface area contributed by atoms with E-state index in [4.69, 9.17) is 11.5 Å². The number of aromatic nitrogens is 1. The Balaban J connectivity index is 0.00000180. The smallest absolute Gasteiger partial charge is 0.180 e. The number of hydrogen-bond donors (Lipinski definition) is 2. The van der Waals surface area contributed by atoms with E-state index >= 15 is 0 Å². The van der Waals surface area contributed by atoms with Gasteiger partial charge in [-0.05, 0) is 5.56 Å². The van der Waals surface area contributed by atoms with Crippen molar-refractivity contribution in [3.05, 3.63) is 47.0 Å². The lowest BCUT2D eigenvalue weighted by Crippen LogP contribution is -2.28. The second-order valence-corrected chi connectivity index (χ2v) is 5.30. The second-order valence-electron chi connectivity index (χ2n) is 4.15. The fourth-order valence-corrected chi connectivity index (χ4v) is 2.58. The summed E-state index contributed by atoms with van der Waals surface area (Å²) in [6.45, 7) is 3.27. The predicted octanol–water partition coefficient (Wildman–Crippen LogP) is 2.53. The molecule has 0 bridgehead atoms. The zero-order valence-electron chi connectivity index (χ0n) is 11.1. The average Bonchev–Trinajstić information content (AvgIpc) is 2.76. The highest BCUT2D eigenvalue weighted by Gasteiger charge is 2.08. The van der Waals surface area contributed by atoms with Crippen LogP contribution in [0.2, 0.25) is 0 Å². The van der Waals surface area contributed by atoms with Crippen molar-refractivity contribution in [2.45, 2.75) is 13.1 Å². The topological polar surface area (TPSA) is 68.2 Å². The van der Waals surface area contributed by atoms with Crippen LogP contribution in [0.4, 0.5) is 5.13 Å². The van der Waals surface area contributed by atoms with Crippen LogP contribution in [0.25, 0.3) is 0 Å². The van der Waals surface area contributed by atoms with E-state index < -0.39 is 0 Å². The number of nitrogen functional groups attached to an aromatic ring is 1. The monoisotopic (exact) mass is 334 g/mol. The van der Waals surface area contributed by atoms with Gasteiger partial charge in [-0.15, -0.1) is 36.2 Å². The Bertz CT molecular complexity index is 478. The van der Waals surface area contributed by atoms with Gasteiger partial charge in [-0.2, -0.15) is 0 Å². The molecule has 0 radical (unpaired) electrons. The van der Waals surface area contributed by atoms with E-state index in [1.54, 1.807) is 0 Å². The maximum absolute atomic E-state index is 5.66. The molecule has 7 heteroatoms. The van der Waals surface area contributed by atoms with Crippen LogP contribution in [0.3, 0.4) is 0 Å². The summed E-state index contributed by atoms with van der Waals surface area (Å²) in [6.07, 6.45) is 1.84. The summed E-state index contributed by atoms with van der Waals surface area (Å²) < 4.78 is 0. The normalized spacial score (nSPS) is 9.90. The Kier molecular flexibility index (Phi) is 9.54. The van der Waals surface area contributed by atoms with Gasteiger partial charge < -0.3 is 11.5 Å². The standard InChI is InChI=1S/C13H18N4S.2ClH/c14-6-7-17(9-11-4-2-1-3-5-11)10-12-8-16-13(15)18-12;;/h1-5,8H,6-7,9-10,14H2,(H2,15,16);2*1H. The first-order valence-electron chi connectivity index (χ1n) is 5.94.